The van der Waals surface area contributed by atoms with E-state index < -0.39 is 0 Å². The first-order valence-corrected chi connectivity index (χ1v) is 7.82. The van der Waals surface area contributed by atoms with E-state index in [4.69, 9.17) is 0 Å². The summed E-state index contributed by atoms with van der Waals surface area (Å²) in [7, 11) is 0. The van der Waals surface area contributed by atoms with Crippen LogP contribution in [0.5, 0.6) is 0 Å². The van der Waals surface area contributed by atoms with E-state index in [-0.39, 0.29) is 0 Å². The van der Waals surface area contributed by atoms with Gasteiger partial charge in [-0.1, -0.05) is 41.0 Å². The molecule has 0 aromatic carbocycles. The van der Waals surface area contributed by atoms with Crippen LogP contribution >= 0.6 is 0 Å². The topological polar surface area (TPSA) is 42.7 Å². The number of nitrogens with one attached hydrogen (secondary N) is 1. The number of hydrogen-bond acceptors (Lipinski definition) is 3. The zero-order chi connectivity index (χ0) is 14.3. The van der Waals surface area contributed by atoms with Gasteiger partial charge in [-0.05, 0) is 18.9 Å². The third-order valence-corrected chi connectivity index (χ3v) is 3.78. The Bertz CT molecular complexity index is 359. The smallest absolute Gasteiger partial charge is 0.150 e. The van der Waals surface area contributed by atoms with E-state index >= 15 is 0 Å². The van der Waals surface area contributed by atoms with Gasteiger partial charge in [-0.3, -0.25) is 0 Å². The normalized spacial score (nSPS) is 14.6. The molecule has 0 amide bonds. The molecule has 1 aromatic heterocycles. The van der Waals surface area contributed by atoms with Gasteiger partial charge in [0.05, 0.1) is 6.54 Å². The fraction of sp³-hybridized carbons (Fsp3) is 0.867. The van der Waals surface area contributed by atoms with Crippen molar-refractivity contribution in [2.24, 2.45) is 5.92 Å². The van der Waals surface area contributed by atoms with Crippen molar-refractivity contribution in [1.82, 2.24) is 20.1 Å². The van der Waals surface area contributed by atoms with Gasteiger partial charge in [-0.2, -0.15) is 5.10 Å². The van der Waals surface area contributed by atoms with Crippen LogP contribution in [0.15, 0.2) is 0 Å². The van der Waals surface area contributed by atoms with Crippen LogP contribution < -0.4 is 5.32 Å². The maximum absolute atomic E-state index is 4.63. The molecular weight excluding hydrogens is 236 g/mol. The van der Waals surface area contributed by atoms with Gasteiger partial charge in [0.1, 0.15) is 5.82 Å². The standard InChI is InChI=1S/C15H30N4/c1-6-10-16-13(12(5)7-2)11-19-15(9-4)17-14(8-3)18-19/h12-13,16H,6-11H2,1-5H3. The Kier molecular flexibility index (Phi) is 7.06. The maximum atomic E-state index is 4.63. The van der Waals surface area contributed by atoms with Crippen molar-refractivity contribution in [2.45, 2.75) is 72.9 Å². The van der Waals surface area contributed by atoms with Gasteiger partial charge in [0.15, 0.2) is 5.82 Å². The van der Waals surface area contributed by atoms with Crippen LogP contribution in [0, 0.1) is 5.92 Å². The minimum Gasteiger partial charge on any atom is -0.312 e. The second kappa shape index (κ2) is 8.31. The lowest BCUT2D eigenvalue weighted by Gasteiger charge is -2.24. The molecule has 0 aliphatic heterocycles. The second-order valence-electron chi connectivity index (χ2n) is 5.28. The van der Waals surface area contributed by atoms with Gasteiger partial charge < -0.3 is 5.32 Å². The summed E-state index contributed by atoms with van der Waals surface area (Å²) >= 11 is 0. The molecule has 110 valence electrons. The molecule has 1 N–H and O–H groups in total. The molecule has 0 radical (unpaired) electrons. The molecule has 0 saturated carbocycles. The van der Waals surface area contributed by atoms with Crippen molar-refractivity contribution in [3.8, 4) is 0 Å². The molecule has 4 heteroatoms. The van der Waals surface area contributed by atoms with E-state index in [1.807, 2.05) is 0 Å². The highest BCUT2D eigenvalue weighted by molar-refractivity contribution is 4.93. The molecule has 0 saturated heterocycles. The number of aryl methyl sites for hydroxylation is 2. The first-order chi connectivity index (χ1) is 9.15. The van der Waals surface area contributed by atoms with Gasteiger partial charge >= 0.3 is 0 Å². The quantitative estimate of drug-likeness (QED) is 0.747. The molecule has 2 atom stereocenters. The summed E-state index contributed by atoms with van der Waals surface area (Å²) in [5.41, 5.74) is 0. The lowest BCUT2D eigenvalue weighted by atomic mass is 9.99. The minimum atomic E-state index is 0.488. The van der Waals surface area contributed by atoms with Gasteiger partial charge in [0, 0.05) is 18.9 Å². The van der Waals surface area contributed by atoms with E-state index in [0.717, 1.165) is 37.6 Å². The van der Waals surface area contributed by atoms with Crippen LogP contribution in [0.1, 0.15) is 59.1 Å². The third kappa shape index (κ3) is 4.60. The predicted molar refractivity (Wildman–Crippen MR) is 80.3 cm³/mol. The highest BCUT2D eigenvalue weighted by Crippen LogP contribution is 2.11. The lowest BCUT2D eigenvalue weighted by Crippen LogP contribution is -2.39. The average molecular weight is 266 g/mol. The van der Waals surface area contributed by atoms with E-state index in [1.54, 1.807) is 0 Å². The molecule has 1 aromatic rings. The summed E-state index contributed by atoms with van der Waals surface area (Å²) in [6, 6.07) is 0.488. The molecular formula is C15H30N4. The second-order valence-corrected chi connectivity index (χ2v) is 5.28. The molecule has 4 nitrogen and oxygen atoms in total. The molecule has 1 heterocycles. The molecule has 0 fully saturated rings. The van der Waals surface area contributed by atoms with E-state index in [9.17, 15) is 0 Å². The van der Waals surface area contributed by atoms with Crippen molar-refractivity contribution in [3.05, 3.63) is 11.6 Å². The van der Waals surface area contributed by atoms with Gasteiger partial charge in [0.2, 0.25) is 0 Å². The van der Waals surface area contributed by atoms with Crippen molar-refractivity contribution in [1.29, 1.82) is 0 Å². The molecule has 19 heavy (non-hydrogen) atoms. The molecule has 0 bridgehead atoms. The number of aromatic nitrogens is 3. The highest BCUT2D eigenvalue weighted by Gasteiger charge is 2.18. The number of hydrogen-bond donors (Lipinski definition) is 1. The summed E-state index contributed by atoms with van der Waals surface area (Å²) in [6.07, 6.45) is 4.23. The van der Waals surface area contributed by atoms with E-state index in [1.165, 1.54) is 12.8 Å². The van der Waals surface area contributed by atoms with Crippen molar-refractivity contribution < 1.29 is 0 Å². The summed E-state index contributed by atoms with van der Waals surface area (Å²) < 4.78 is 2.11. The van der Waals surface area contributed by atoms with E-state index in [0.29, 0.717) is 12.0 Å². The summed E-state index contributed by atoms with van der Waals surface area (Å²) in [5.74, 6) is 2.74. The van der Waals surface area contributed by atoms with E-state index in [2.05, 4.69) is 54.7 Å². The van der Waals surface area contributed by atoms with Gasteiger partial charge in [-0.25, -0.2) is 9.67 Å². The molecule has 2 unspecified atom stereocenters. The van der Waals surface area contributed by atoms with Crippen LogP contribution in [0.25, 0.3) is 0 Å². The van der Waals surface area contributed by atoms with Crippen molar-refractivity contribution >= 4 is 0 Å². The number of nitrogens with zero attached hydrogens (tertiary/aromatic N) is 3. The first-order valence-electron chi connectivity index (χ1n) is 7.82. The Morgan fingerprint density at radius 3 is 2.42 bits per heavy atom. The molecule has 0 aliphatic carbocycles. The average Bonchev–Trinajstić information content (AvgIpc) is 2.84. The number of rotatable bonds is 9. The largest absolute Gasteiger partial charge is 0.312 e. The Morgan fingerprint density at radius 2 is 1.89 bits per heavy atom. The van der Waals surface area contributed by atoms with Crippen LogP contribution in [-0.4, -0.2) is 27.4 Å². The molecule has 0 spiro atoms. The minimum absolute atomic E-state index is 0.488. The summed E-state index contributed by atoms with van der Waals surface area (Å²) in [6.45, 7) is 13.1. The van der Waals surface area contributed by atoms with Crippen LogP contribution in [-0.2, 0) is 19.4 Å². The zero-order valence-corrected chi connectivity index (χ0v) is 13.2. The van der Waals surface area contributed by atoms with Gasteiger partial charge in [-0.15, -0.1) is 0 Å². The monoisotopic (exact) mass is 266 g/mol. The zero-order valence-electron chi connectivity index (χ0n) is 13.2. The van der Waals surface area contributed by atoms with Crippen LogP contribution in [0.4, 0.5) is 0 Å². The Hall–Kier alpha value is -0.900. The van der Waals surface area contributed by atoms with Crippen molar-refractivity contribution in [2.75, 3.05) is 6.54 Å². The molecule has 1 rings (SSSR count). The predicted octanol–water partition coefficient (Wildman–Crippen LogP) is 2.82. The SMILES string of the molecule is CCCNC(Cn1nc(CC)nc1CC)C(C)CC. The fourth-order valence-corrected chi connectivity index (χ4v) is 2.23. The summed E-state index contributed by atoms with van der Waals surface area (Å²) in [4.78, 5) is 4.59. The summed E-state index contributed by atoms with van der Waals surface area (Å²) in [5, 5.41) is 8.29. The maximum Gasteiger partial charge on any atom is 0.150 e. The van der Waals surface area contributed by atoms with Crippen LogP contribution in [0.2, 0.25) is 0 Å². The van der Waals surface area contributed by atoms with Crippen LogP contribution in [0.3, 0.4) is 0 Å². The fourth-order valence-electron chi connectivity index (χ4n) is 2.23. The third-order valence-electron chi connectivity index (χ3n) is 3.78. The Labute approximate surface area is 118 Å². The van der Waals surface area contributed by atoms with Gasteiger partial charge in [0.25, 0.3) is 0 Å². The Balaban J connectivity index is 2.79. The Morgan fingerprint density at radius 1 is 1.16 bits per heavy atom. The highest BCUT2D eigenvalue weighted by atomic mass is 15.4. The molecule has 0 aliphatic rings. The first kappa shape index (κ1) is 16.2. The lowest BCUT2D eigenvalue weighted by molar-refractivity contribution is 0.315. The van der Waals surface area contributed by atoms with Crippen molar-refractivity contribution in [3.63, 3.8) is 0 Å².